The number of hydrogen-bond donors (Lipinski definition) is 1. The van der Waals surface area contributed by atoms with Gasteiger partial charge in [0.2, 0.25) is 0 Å². The molecule has 0 amide bonds. The first-order valence-corrected chi connectivity index (χ1v) is 3.44. The molecule has 0 spiro atoms. The zero-order chi connectivity index (χ0) is 7.72. The van der Waals surface area contributed by atoms with Gasteiger partial charge < -0.3 is 5.73 Å². The number of benzene rings is 1. The van der Waals surface area contributed by atoms with Crippen molar-refractivity contribution in [2.75, 3.05) is 5.73 Å². The molecule has 0 saturated heterocycles. The van der Waals surface area contributed by atoms with Crippen LogP contribution in [0.4, 0.5) is 5.69 Å². The molecule has 1 rings (SSSR count). The van der Waals surface area contributed by atoms with Crippen LogP contribution in [-0.2, 0) is 16.8 Å². The van der Waals surface area contributed by atoms with Gasteiger partial charge in [-0.1, -0.05) is 17.7 Å². The van der Waals surface area contributed by atoms with Crippen LogP contribution in [0.3, 0.4) is 0 Å². The summed E-state index contributed by atoms with van der Waals surface area (Å²) in [7, 11) is 0. The van der Waals surface area contributed by atoms with E-state index in [1.165, 1.54) is 16.7 Å². The Bertz CT molecular complexity index is 233. The number of rotatable bonds is 0. The fraction of sp³-hybridized carbons (Fsp3) is 0.333. The molecule has 11 heavy (non-hydrogen) atoms. The van der Waals surface area contributed by atoms with E-state index in [0.717, 1.165) is 5.69 Å². The summed E-state index contributed by atoms with van der Waals surface area (Å²) in [6.45, 7) is 6.16. The van der Waals surface area contributed by atoms with Crippen molar-refractivity contribution in [1.82, 2.24) is 0 Å². The Morgan fingerprint density at radius 1 is 1.00 bits per heavy atom. The monoisotopic (exact) mass is 194 g/mol. The van der Waals surface area contributed by atoms with Crippen molar-refractivity contribution < 1.29 is 16.8 Å². The van der Waals surface area contributed by atoms with Gasteiger partial charge in [0.05, 0.1) is 0 Å². The maximum atomic E-state index is 5.75. The first-order chi connectivity index (χ1) is 4.61. The standard InChI is InChI=1S/C9H13N.Co/c1-6-4-7(2)9(10)8(3)5-6;/h4-5H,10H2,1-3H3;. The predicted octanol–water partition coefficient (Wildman–Crippen LogP) is 2.19. The Hall–Kier alpha value is -0.474. The van der Waals surface area contributed by atoms with Crippen LogP contribution in [-0.4, -0.2) is 0 Å². The van der Waals surface area contributed by atoms with E-state index in [9.17, 15) is 0 Å². The number of hydrogen-bond acceptors (Lipinski definition) is 1. The Balaban J connectivity index is 0.000001000. The molecule has 0 heterocycles. The van der Waals surface area contributed by atoms with Gasteiger partial charge in [0.15, 0.2) is 0 Å². The van der Waals surface area contributed by atoms with Crippen LogP contribution in [0.25, 0.3) is 0 Å². The zero-order valence-electron chi connectivity index (χ0n) is 7.07. The summed E-state index contributed by atoms with van der Waals surface area (Å²) in [4.78, 5) is 0. The van der Waals surface area contributed by atoms with Gasteiger partial charge in [-0.05, 0) is 31.9 Å². The molecule has 0 saturated carbocycles. The molecular weight excluding hydrogens is 181 g/mol. The number of nitrogen functional groups attached to an aromatic ring is 1. The maximum Gasteiger partial charge on any atom is 0.0373 e. The molecule has 0 atom stereocenters. The van der Waals surface area contributed by atoms with Crippen molar-refractivity contribution in [2.24, 2.45) is 0 Å². The summed E-state index contributed by atoms with van der Waals surface area (Å²) in [5.74, 6) is 0. The molecule has 2 heteroatoms. The molecule has 2 N–H and O–H groups in total. The summed E-state index contributed by atoms with van der Waals surface area (Å²) in [6, 6.07) is 4.20. The zero-order valence-corrected chi connectivity index (χ0v) is 8.11. The van der Waals surface area contributed by atoms with Crippen molar-refractivity contribution in [1.29, 1.82) is 0 Å². The molecule has 63 valence electrons. The van der Waals surface area contributed by atoms with Gasteiger partial charge in [-0.25, -0.2) is 0 Å². The molecule has 0 aliphatic rings. The minimum Gasteiger partial charge on any atom is -0.398 e. The third-order valence-electron chi connectivity index (χ3n) is 1.74. The quantitative estimate of drug-likeness (QED) is 0.629. The van der Waals surface area contributed by atoms with Crippen LogP contribution < -0.4 is 5.73 Å². The Labute approximate surface area is 78.2 Å². The van der Waals surface area contributed by atoms with Crippen LogP contribution in [0.15, 0.2) is 12.1 Å². The fourth-order valence-corrected chi connectivity index (χ4v) is 1.19. The Morgan fingerprint density at radius 2 is 1.36 bits per heavy atom. The van der Waals surface area contributed by atoms with Gasteiger partial charge in [0.1, 0.15) is 0 Å². The largest absolute Gasteiger partial charge is 0.398 e. The van der Waals surface area contributed by atoms with Gasteiger partial charge in [0.25, 0.3) is 0 Å². The third-order valence-corrected chi connectivity index (χ3v) is 1.74. The Kier molecular flexibility index (Phi) is 3.62. The number of anilines is 1. The summed E-state index contributed by atoms with van der Waals surface area (Å²) in [5, 5.41) is 0. The summed E-state index contributed by atoms with van der Waals surface area (Å²) in [5.41, 5.74) is 10.3. The fourth-order valence-electron chi connectivity index (χ4n) is 1.19. The summed E-state index contributed by atoms with van der Waals surface area (Å²) < 4.78 is 0. The number of nitrogens with two attached hydrogens (primary N) is 1. The molecule has 0 fully saturated rings. The van der Waals surface area contributed by atoms with Gasteiger partial charge in [-0.2, -0.15) is 0 Å². The molecule has 0 aromatic heterocycles. The molecule has 1 aromatic carbocycles. The van der Waals surface area contributed by atoms with E-state index in [2.05, 4.69) is 19.1 Å². The van der Waals surface area contributed by atoms with Crippen molar-refractivity contribution in [2.45, 2.75) is 20.8 Å². The average Bonchev–Trinajstić information content (AvgIpc) is 1.82. The minimum atomic E-state index is 0. The molecular formula is C9H13CoN. The van der Waals surface area contributed by atoms with E-state index in [1.807, 2.05) is 13.8 Å². The van der Waals surface area contributed by atoms with E-state index in [4.69, 9.17) is 5.73 Å². The SMILES string of the molecule is Cc1cc(C)c(N)c(C)c1.[Co]. The molecule has 0 bridgehead atoms. The van der Waals surface area contributed by atoms with Crippen molar-refractivity contribution in [3.63, 3.8) is 0 Å². The van der Waals surface area contributed by atoms with Crippen molar-refractivity contribution in [3.05, 3.63) is 28.8 Å². The topological polar surface area (TPSA) is 26.0 Å². The first-order valence-electron chi connectivity index (χ1n) is 3.44. The molecule has 0 unspecified atom stereocenters. The van der Waals surface area contributed by atoms with Crippen LogP contribution in [0.2, 0.25) is 0 Å². The van der Waals surface area contributed by atoms with Crippen LogP contribution in [0.1, 0.15) is 16.7 Å². The third kappa shape index (κ3) is 2.24. The first kappa shape index (κ1) is 10.5. The summed E-state index contributed by atoms with van der Waals surface area (Å²) >= 11 is 0. The molecule has 1 aromatic rings. The van der Waals surface area contributed by atoms with Crippen LogP contribution in [0, 0.1) is 20.8 Å². The van der Waals surface area contributed by atoms with Crippen LogP contribution >= 0.6 is 0 Å². The van der Waals surface area contributed by atoms with Crippen molar-refractivity contribution >= 4 is 5.69 Å². The molecule has 1 nitrogen and oxygen atoms in total. The predicted molar refractivity (Wildman–Crippen MR) is 45.1 cm³/mol. The normalized spacial score (nSPS) is 9.00. The second-order valence-electron chi connectivity index (χ2n) is 2.81. The van der Waals surface area contributed by atoms with Gasteiger partial charge in [-0.3, -0.25) is 0 Å². The van der Waals surface area contributed by atoms with E-state index in [1.54, 1.807) is 0 Å². The maximum absolute atomic E-state index is 5.75. The van der Waals surface area contributed by atoms with E-state index in [-0.39, 0.29) is 16.8 Å². The Morgan fingerprint density at radius 3 is 1.73 bits per heavy atom. The van der Waals surface area contributed by atoms with Crippen molar-refractivity contribution in [3.8, 4) is 0 Å². The van der Waals surface area contributed by atoms with Gasteiger partial charge in [-0.15, -0.1) is 0 Å². The minimum absolute atomic E-state index is 0. The van der Waals surface area contributed by atoms with E-state index >= 15 is 0 Å². The second kappa shape index (κ2) is 3.79. The van der Waals surface area contributed by atoms with E-state index in [0.29, 0.717) is 0 Å². The number of aryl methyl sites for hydroxylation is 3. The molecule has 0 aliphatic carbocycles. The van der Waals surface area contributed by atoms with Crippen LogP contribution in [0.5, 0.6) is 0 Å². The van der Waals surface area contributed by atoms with Gasteiger partial charge >= 0.3 is 0 Å². The molecule has 0 aliphatic heterocycles. The van der Waals surface area contributed by atoms with Gasteiger partial charge in [0, 0.05) is 22.5 Å². The summed E-state index contributed by atoms with van der Waals surface area (Å²) in [6.07, 6.45) is 0. The van der Waals surface area contributed by atoms with E-state index < -0.39 is 0 Å². The smallest absolute Gasteiger partial charge is 0.0373 e. The second-order valence-corrected chi connectivity index (χ2v) is 2.81. The molecule has 1 radical (unpaired) electrons. The average molecular weight is 194 g/mol.